The fourth-order valence-electron chi connectivity index (χ4n) is 2.68. The predicted octanol–water partition coefficient (Wildman–Crippen LogP) is 3.64. The molecular formula is C19H23ClN2O3S. The fraction of sp³-hybridized carbons (Fsp3) is 0.316. The number of halogens is 1. The highest BCUT2D eigenvalue weighted by molar-refractivity contribution is 7.89. The first-order valence-corrected chi connectivity index (χ1v) is 10.2. The van der Waals surface area contributed by atoms with Crippen molar-refractivity contribution in [3.63, 3.8) is 0 Å². The van der Waals surface area contributed by atoms with E-state index in [9.17, 15) is 13.2 Å². The van der Waals surface area contributed by atoms with Crippen LogP contribution in [0.1, 0.15) is 29.8 Å². The smallest absolute Gasteiger partial charge is 0.253 e. The highest BCUT2D eigenvalue weighted by Gasteiger charge is 2.22. The van der Waals surface area contributed by atoms with Gasteiger partial charge in [0, 0.05) is 37.3 Å². The number of nitrogens with zero attached hydrogens (tertiary/aromatic N) is 2. The van der Waals surface area contributed by atoms with Gasteiger partial charge in [0.1, 0.15) is 0 Å². The van der Waals surface area contributed by atoms with Gasteiger partial charge in [-0.1, -0.05) is 37.6 Å². The molecule has 0 spiro atoms. The SMILES string of the molecule is CCN(CC)S(=O)(=O)c1ccc(C(=O)N(C)Cc2cccc(Cl)c2)cc1. The van der Waals surface area contributed by atoms with Gasteiger partial charge in [-0.15, -0.1) is 0 Å². The van der Waals surface area contributed by atoms with Gasteiger partial charge in [-0.05, 0) is 42.0 Å². The quantitative estimate of drug-likeness (QED) is 0.720. The third kappa shape index (κ3) is 4.63. The largest absolute Gasteiger partial charge is 0.337 e. The van der Waals surface area contributed by atoms with E-state index in [-0.39, 0.29) is 10.8 Å². The molecule has 5 nitrogen and oxygen atoms in total. The Morgan fingerprint density at radius 3 is 2.19 bits per heavy atom. The minimum atomic E-state index is -3.52. The summed E-state index contributed by atoms with van der Waals surface area (Å²) in [5.41, 5.74) is 1.36. The van der Waals surface area contributed by atoms with Crippen LogP contribution in [0.25, 0.3) is 0 Å². The van der Waals surface area contributed by atoms with Crippen LogP contribution in [0.15, 0.2) is 53.4 Å². The molecule has 2 aromatic rings. The van der Waals surface area contributed by atoms with Gasteiger partial charge >= 0.3 is 0 Å². The molecule has 0 aromatic heterocycles. The maximum absolute atomic E-state index is 12.6. The zero-order chi connectivity index (χ0) is 19.3. The van der Waals surface area contributed by atoms with E-state index in [1.165, 1.54) is 16.4 Å². The monoisotopic (exact) mass is 394 g/mol. The highest BCUT2D eigenvalue weighted by atomic mass is 35.5. The second-order valence-corrected chi connectivity index (χ2v) is 8.28. The van der Waals surface area contributed by atoms with Gasteiger partial charge in [0.2, 0.25) is 10.0 Å². The number of rotatable bonds is 7. The van der Waals surface area contributed by atoms with Crippen molar-refractivity contribution >= 4 is 27.5 Å². The van der Waals surface area contributed by atoms with E-state index in [1.807, 2.05) is 18.2 Å². The van der Waals surface area contributed by atoms with E-state index in [1.54, 1.807) is 44.0 Å². The van der Waals surface area contributed by atoms with E-state index >= 15 is 0 Å². The molecule has 0 N–H and O–H groups in total. The van der Waals surface area contributed by atoms with Crippen LogP contribution in [-0.4, -0.2) is 43.7 Å². The van der Waals surface area contributed by atoms with Gasteiger partial charge in [0.25, 0.3) is 5.91 Å². The number of carbonyl (C=O) groups is 1. The van der Waals surface area contributed by atoms with Crippen molar-refractivity contribution in [3.8, 4) is 0 Å². The maximum Gasteiger partial charge on any atom is 0.253 e. The van der Waals surface area contributed by atoms with Crippen LogP contribution in [0.3, 0.4) is 0 Å². The summed E-state index contributed by atoms with van der Waals surface area (Å²) >= 11 is 5.97. The van der Waals surface area contributed by atoms with Crippen LogP contribution in [-0.2, 0) is 16.6 Å². The second-order valence-electron chi connectivity index (χ2n) is 5.90. The zero-order valence-corrected chi connectivity index (χ0v) is 16.7. The first-order chi connectivity index (χ1) is 12.3. The summed E-state index contributed by atoms with van der Waals surface area (Å²) in [6, 6.07) is 13.4. The first-order valence-electron chi connectivity index (χ1n) is 8.39. The Balaban J connectivity index is 2.15. The lowest BCUT2D eigenvalue weighted by molar-refractivity contribution is 0.0785. The highest BCUT2D eigenvalue weighted by Crippen LogP contribution is 2.18. The molecule has 0 unspecified atom stereocenters. The first kappa shape index (κ1) is 20.4. The van der Waals surface area contributed by atoms with Crippen LogP contribution < -0.4 is 0 Å². The Hall–Kier alpha value is -1.89. The van der Waals surface area contributed by atoms with Crippen molar-refractivity contribution in [2.75, 3.05) is 20.1 Å². The van der Waals surface area contributed by atoms with Crippen LogP contribution >= 0.6 is 11.6 Å². The molecule has 0 saturated carbocycles. The molecule has 0 aliphatic carbocycles. The molecule has 26 heavy (non-hydrogen) atoms. The Kier molecular flexibility index (Phi) is 6.81. The average Bonchev–Trinajstić information content (AvgIpc) is 2.62. The van der Waals surface area contributed by atoms with Gasteiger partial charge in [-0.2, -0.15) is 4.31 Å². The maximum atomic E-state index is 12.6. The molecule has 2 rings (SSSR count). The summed E-state index contributed by atoms with van der Waals surface area (Å²) in [5, 5.41) is 0.620. The molecule has 140 valence electrons. The lowest BCUT2D eigenvalue weighted by Crippen LogP contribution is -2.30. The minimum Gasteiger partial charge on any atom is -0.337 e. The van der Waals surface area contributed by atoms with Crippen molar-refractivity contribution in [2.45, 2.75) is 25.3 Å². The fourth-order valence-corrected chi connectivity index (χ4v) is 4.35. The molecule has 0 fully saturated rings. The Morgan fingerprint density at radius 2 is 1.65 bits per heavy atom. The Morgan fingerprint density at radius 1 is 1.04 bits per heavy atom. The summed E-state index contributed by atoms with van der Waals surface area (Å²) < 4.78 is 26.4. The lowest BCUT2D eigenvalue weighted by atomic mass is 10.1. The van der Waals surface area contributed by atoms with Gasteiger partial charge in [-0.3, -0.25) is 4.79 Å². The Bertz CT molecular complexity index is 863. The zero-order valence-electron chi connectivity index (χ0n) is 15.1. The molecule has 0 atom stereocenters. The van der Waals surface area contributed by atoms with Crippen molar-refractivity contribution < 1.29 is 13.2 Å². The predicted molar refractivity (Wildman–Crippen MR) is 104 cm³/mol. The van der Waals surface area contributed by atoms with Crippen molar-refractivity contribution in [1.29, 1.82) is 0 Å². The van der Waals surface area contributed by atoms with E-state index < -0.39 is 10.0 Å². The van der Waals surface area contributed by atoms with Crippen LogP contribution in [0.2, 0.25) is 5.02 Å². The van der Waals surface area contributed by atoms with E-state index in [2.05, 4.69) is 0 Å². The summed E-state index contributed by atoms with van der Waals surface area (Å²) in [7, 11) is -1.83. The number of carbonyl (C=O) groups excluding carboxylic acids is 1. The topological polar surface area (TPSA) is 57.7 Å². The molecule has 2 aromatic carbocycles. The average molecular weight is 395 g/mol. The van der Waals surface area contributed by atoms with Gasteiger partial charge in [0.15, 0.2) is 0 Å². The van der Waals surface area contributed by atoms with Crippen LogP contribution in [0.4, 0.5) is 0 Å². The van der Waals surface area contributed by atoms with Crippen molar-refractivity contribution in [2.24, 2.45) is 0 Å². The van der Waals surface area contributed by atoms with E-state index in [0.717, 1.165) is 5.56 Å². The summed E-state index contributed by atoms with van der Waals surface area (Å²) in [6.07, 6.45) is 0. The third-order valence-corrected chi connectivity index (χ3v) is 6.40. The number of amides is 1. The number of sulfonamides is 1. The van der Waals surface area contributed by atoms with Crippen molar-refractivity contribution in [1.82, 2.24) is 9.21 Å². The van der Waals surface area contributed by atoms with Gasteiger partial charge < -0.3 is 4.90 Å². The molecule has 0 saturated heterocycles. The van der Waals surface area contributed by atoms with E-state index in [4.69, 9.17) is 11.6 Å². The van der Waals surface area contributed by atoms with Gasteiger partial charge in [0.05, 0.1) is 4.90 Å². The molecule has 0 aliphatic rings. The second kappa shape index (κ2) is 8.66. The summed E-state index contributed by atoms with van der Waals surface area (Å²) in [5.74, 6) is -0.184. The molecule has 1 amide bonds. The molecule has 0 radical (unpaired) electrons. The molecule has 7 heteroatoms. The summed E-state index contributed by atoms with van der Waals surface area (Å²) in [4.78, 5) is 14.3. The van der Waals surface area contributed by atoms with Crippen LogP contribution in [0, 0.1) is 0 Å². The number of hydrogen-bond acceptors (Lipinski definition) is 3. The lowest BCUT2D eigenvalue weighted by Gasteiger charge is -2.19. The number of benzene rings is 2. The van der Waals surface area contributed by atoms with Gasteiger partial charge in [-0.25, -0.2) is 8.42 Å². The normalized spacial score (nSPS) is 11.6. The summed E-state index contributed by atoms with van der Waals surface area (Å²) in [6.45, 7) is 4.82. The van der Waals surface area contributed by atoms with Crippen molar-refractivity contribution in [3.05, 3.63) is 64.7 Å². The standard InChI is InChI=1S/C19H23ClN2O3S/c1-4-22(5-2)26(24,25)18-11-9-16(10-12-18)19(23)21(3)14-15-7-6-8-17(20)13-15/h6-13H,4-5,14H2,1-3H3. The van der Waals surface area contributed by atoms with Crippen LogP contribution in [0.5, 0.6) is 0 Å². The minimum absolute atomic E-state index is 0.184. The molecule has 0 bridgehead atoms. The Labute approximate surface area is 160 Å². The number of hydrogen-bond donors (Lipinski definition) is 0. The molecule has 0 aliphatic heterocycles. The molecular weight excluding hydrogens is 372 g/mol. The molecule has 0 heterocycles. The third-order valence-electron chi connectivity index (χ3n) is 4.10. The van der Waals surface area contributed by atoms with E-state index in [0.29, 0.717) is 30.2 Å².